The van der Waals surface area contributed by atoms with Crippen LogP contribution < -0.4 is 5.32 Å². The van der Waals surface area contributed by atoms with Gasteiger partial charge in [0.05, 0.1) is 6.10 Å². The zero-order valence-electron chi connectivity index (χ0n) is 10.7. The molecule has 0 bridgehead atoms. The minimum Gasteiger partial charge on any atom is -0.391 e. The maximum Gasteiger partial charge on any atom is 0.134 e. The van der Waals surface area contributed by atoms with Crippen LogP contribution in [0.4, 0.5) is 5.82 Å². The lowest BCUT2D eigenvalue weighted by Gasteiger charge is -2.12. The summed E-state index contributed by atoms with van der Waals surface area (Å²) in [5.74, 6) is 1.23. The highest BCUT2D eigenvalue weighted by atomic mass is 35.5. The van der Waals surface area contributed by atoms with Gasteiger partial charge < -0.3 is 10.4 Å². The molecule has 1 atom stereocenters. The SMILES string of the molecule is Cc1nc(Cl)cc(NCC(O)Cc2ccccc2)n1. The van der Waals surface area contributed by atoms with Crippen LogP contribution >= 0.6 is 11.6 Å². The van der Waals surface area contributed by atoms with Gasteiger partial charge in [-0.3, -0.25) is 0 Å². The van der Waals surface area contributed by atoms with Crippen molar-refractivity contribution in [2.24, 2.45) is 0 Å². The molecule has 2 rings (SSSR count). The Morgan fingerprint density at radius 3 is 2.68 bits per heavy atom. The third-order valence-electron chi connectivity index (χ3n) is 2.64. The Kier molecular flexibility index (Phi) is 4.71. The van der Waals surface area contributed by atoms with Gasteiger partial charge in [-0.1, -0.05) is 41.9 Å². The summed E-state index contributed by atoms with van der Waals surface area (Å²) in [6, 6.07) is 11.5. The topological polar surface area (TPSA) is 58.0 Å². The summed E-state index contributed by atoms with van der Waals surface area (Å²) in [7, 11) is 0. The van der Waals surface area contributed by atoms with E-state index in [-0.39, 0.29) is 0 Å². The van der Waals surface area contributed by atoms with Crippen LogP contribution in [0, 0.1) is 6.92 Å². The minimum absolute atomic E-state index is 0.396. The predicted molar refractivity (Wildman–Crippen MR) is 76.4 cm³/mol. The highest BCUT2D eigenvalue weighted by Crippen LogP contribution is 2.11. The van der Waals surface area contributed by atoms with E-state index in [9.17, 15) is 5.11 Å². The number of aliphatic hydroxyl groups is 1. The van der Waals surface area contributed by atoms with E-state index in [0.717, 1.165) is 5.56 Å². The van der Waals surface area contributed by atoms with Crippen LogP contribution in [-0.4, -0.2) is 27.7 Å². The van der Waals surface area contributed by atoms with Crippen LogP contribution in [0.5, 0.6) is 0 Å². The van der Waals surface area contributed by atoms with Gasteiger partial charge >= 0.3 is 0 Å². The fourth-order valence-electron chi connectivity index (χ4n) is 1.80. The second kappa shape index (κ2) is 6.50. The Morgan fingerprint density at radius 2 is 2.00 bits per heavy atom. The zero-order chi connectivity index (χ0) is 13.7. The first-order valence-electron chi connectivity index (χ1n) is 6.10. The van der Waals surface area contributed by atoms with Gasteiger partial charge in [0.1, 0.15) is 16.8 Å². The van der Waals surface area contributed by atoms with E-state index < -0.39 is 6.10 Å². The molecule has 2 aromatic rings. The van der Waals surface area contributed by atoms with E-state index in [0.29, 0.717) is 29.8 Å². The normalized spacial score (nSPS) is 12.2. The standard InChI is InChI=1S/C14H16ClN3O/c1-10-17-13(15)8-14(18-10)16-9-12(19)7-11-5-3-2-4-6-11/h2-6,8,12,19H,7,9H2,1H3,(H,16,17,18). The van der Waals surface area contributed by atoms with Crippen molar-refractivity contribution in [1.82, 2.24) is 9.97 Å². The first-order chi connectivity index (χ1) is 9.13. The van der Waals surface area contributed by atoms with Crippen molar-refractivity contribution in [3.8, 4) is 0 Å². The van der Waals surface area contributed by atoms with E-state index in [1.54, 1.807) is 13.0 Å². The summed E-state index contributed by atoms with van der Waals surface area (Å²) in [6.07, 6.45) is 0.127. The number of hydrogen-bond acceptors (Lipinski definition) is 4. The Hall–Kier alpha value is -1.65. The zero-order valence-corrected chi connectivity index (χ0v) is 11.4. The molecule has 0 aliphatic rings. The highest BCUT2D eigenvalue weighted by molar-refractivity contribution is 6.29. The molecule has 0 saturated heterocycles. The van der Waals surface area contributed by atoms with Crippen LogP contribution in [0.25, 0.3) is 0 Å². The molecule has 0 saturated carbocycles. The van der Waals surface area contributed by atoms with Gasteiger partial charge in [-0.2, -0.15) is 0 Å². The maximum absolute atomic E-state index is 9.96. The van der Waals surface area contributed by atoms with E-state index in [1.165, 1.54) is 0 Å². The molecule has 19 heavy (non-hydrogen) atoms. The van der Waals surface area contributed by atoms with Gasteiger partial charge in [-0.25, -0.2) is 9.97 Å². The van der Waals surface area contributed by atoms with E-state index in [4.69, 9.17) is 11.6 Å². The van der Waals surface area contributed by atoms with Crippen LogP contribution in [0.15, 0.2) is 36.4 Å². The third-order valence-corrected chi connectivity index (χ3v) is 2.83. The molecule has 5 heteroatoms. The first-order valence-corrected chi connectivity index (χ1v) is 6.48. The molecular weight excluding hydrogens is 262 g/mol. The lowest BCUT2D eigenvalue weighted by Crippen LogP contribution is -2.22. The molecule has 4 nitrogen and oxygen atoms in total. The summed E-state index contributed by atoms with van der Waals surface area (Å²) >= 11 is 5.84. The molecule has 1 aromatic heterocycles. The van der Waals surface area contributed by atoms with Crippen molar-refractivity contribution in [3.05, 3.63) is 52.9 Å². The summed E-state index contributed by atoms with van der Waals surface area (Å²) < 4.78 is 0. The predicted octanol–water partition coefficient (Wildman–Crippen LogP) is 2.45. The van der Waals surface area contributed by atoms with Gasteiger partial charge in [0, 0.05) is 19.0 Å². The smallest absolute Gasteiger partial charge is 0.134 e. The molecular formula is C14H16ClN3O. The molecule has 2 N–H and O–H groups in total. The molecule has 0 amide bonds. The van der Waals surface area contributed by atoms with Crippen LogP contribution in [0.3, 0.4) is 0 Å². The third kappa shape index (κ3) is 4.50. The minimum atomic E-state index is -0.476. The molecule has 0 fully saturated rings. The van der Waals surface area contributed by atoms with Gasteiger partial charge in [0.2, 0.25) is 0 Å². The summed E-state index contributed by atoms with van der Waals surface area (Å²) in [4.78, 5) is 8.18. The molecule has 1 heterocycles. The Morgan fingerprint density at radius 1 is 1.26 bits per heavy atom. The molecule has 0 aliphatic carbocycles. The monoisotopic (exact) mass is 277 g/mol. The largest absolute Gasteiger partial charge is 0.391 e. The molecule has 0 aliphatic heterocycles. The summed E-state index contributed by atoms with van der Waals surface area (Å²) in [6.45, 7) is 2.19. The number of anilines is 1. The number of aliphatic hydroxyl groups excluding tert-OH is 1. The number of benzene rings is 1. The lowest BCUT2D eigenvalue weighted by atomic mass is 10.1. The number of hydrogen-bond donors (Lipinski definition) is 2. The number of rotatable bonds is 5. The van der Waals surface area contributed by atoms with Crippen molar-refractivity contribution in [2.45, 2.75) is 19.4 Å². The van der Waals surface area contributed by atoms with E-state index in [2.05, 4.69) is 15.3 Å². The van der Waals surface area contributed by atoms with Crippen molar-refractivity contribution in [2.75, 3.05) is 11.9 Å². The summed E-state index contributed by atoms with van der Waals surface area (Å²) in [5, 5.41) is 13.4. The van der Waals surface area contributed by atoms with Crippen LogP contribution in [0.2, 0.25) is 5.15 Å². The number of nitrogens with zero attached hydrogens (tertiary/aromatic N) is 2. The van der Waals surface area contributed by atoms with Crippen molar-refractivity contribution in [3.63, 3.8) is 0 Å². The van der Waals surface area contributed by atoms with Gasteiger partial charge in [-0.05, 0) is 12.5 Å². The maximum atomic E-state index is 9.96. The van der Waals surface area contributed by atoms with Crippen LogP contribution in [-0.2, 0) is 6.42 Å². The Balaban J connectivity index is 1.88. The van der Waals surface area contributed by atoms with Gasteiger partial charge in [-0.15, -0.1) is 0 Å². The Labute approximate surface area is 117 Å². The van der Waals surface area contributed by atoms with Crippen molar-refractivity contribution < 1.29 is 5.11 Å². The number of halogens is 1. The molecule has 1 unspecified atom stereocenters. The quantitative estimate of drug-likeness (QED) is 0.825. The van der Waals surface area contributed by atoms with Crippen molar-refractivity contribution >= 4 is 17.4 Å². The lowest BCUT2D eigenvalue weighted by molar-refractivity contribution is 0.188. The molecule has 0 spiro atoms. The Bertz CT molecular complexity index is 513. The highest BCUT2D eigenvalue weighted by Gasteiger charge is 2.06. The molecule has 0 radical (unpaired) electrons. The van der Waals surface area contributed by atoms with Gasteiger partial charge in [0.25, 0.3) is 0 Å². The van der Waals surface area contributed by atoms with Crippen molar-refractivity contribution in [1.29, 1.82) is 0 Å². The molecule has 1 aromatic carbocycles. The van der Waals surface area contributed by atoms with E-state index >= 15 is 0 Å². The van der Waals surface area contributed by atoms with Crippen LogP contribution in [0.1, 0.15) is 11.4 Å². The average Bonchev–Trinajstić information content (AvgIpc) is 2.36. The summed E-state index contributed by atoms with van der Waals surface area (Å²) in [5.41, 5.74) is 1.11. The van der Waals surface area contributed by atoms with E-state index in [1.807, 2.05) is 30.3 Å². The fraction of sp³-hybridized carbons (Fsp3) is 0.286. The second-order valence-corrected chi connectivity index (χ2v) is 4.73. The first kappa shape index (κ1) is 13.8. The average molecular weight is 278 g/mol. The number of nitrogens with one attached hydrogen (secondary N) is 1. The second-order valence-electron chi connectivity index (χ2n) is 4.35. The number of aromatic nitrogens is 2. The van der Waals surface area contributed by atoms with Gasteiger partial charge in [0.15, 0.2) is 0 Å². The number of aryl methyl sites for hydroxylation is 1. The molecule has 100 valence electrons. The fourth-order valence-corrected chi connectivity index (χ4v) is 2.03.